The van der Waals surface area contributed by atoms with Crippen molar-refractivity contribution in [1.29, 1.82) is 0 Å². The van der Waals surface area contributed by atoms with Gasteiger partial charge in [-0.15, -0.1) is 0 Å². The minimum absolute atomic E-state index is 0.0389. The second kappa shape index (κ2) is 7.71. The second-order valence-corrected chi connectivity index (χ2v) is 6.58. The topological polar surface area (TPSA) is 52.6 Å². The molecule has 1 fully saturated rings. The highest BCUT2D eigenvalue weighted by atomic mass is 32.2. The average Bonchev–Trinajstić information content (AvgIpc) is 2.53. The van der Waals surface area contributed by atoms with Crippen LogP contribution in [0.5, 0.6) is 5.75 Å². The van der Waals surface area contributed by atoms with Gasteiger partial charge in [0, 0.05) is 30.2 Å². The minimum atomic E-state index is -0.139. The van der Waals surface area contributed by atoms with Crippen molar-refractivity contribution in [3.63, 3.8) is 0 Å². The van der Waals surface area contributed by atoms with Crippen molar-refractivity contribution in [2.75, 3.05) is 24.6 Å². The fraction of sp³-hybridized carbons (Fsp3) is 0.562. The number of aromatic hydroxyl groups is 1. The first-order chi connectivity index (χ1) is 10.1. The molecule has 0 radical (unpaired) electrons. The first-order valence-electron chi connectivity index (χ1n) is 7.53. The highest BCUT2D eigenvalue weighted by molar-refractivity contribution is 7.99. The van der Waals surface area contributed by atoms with E-state index in [1.54, 1.807) is 12.1 Å². The van der Waals surface area contributed by atoms with Crippen LogP contribution in [-0.2, 0) is 4.79 Å². The zero-order valence-electron chi connectivity index (χ0n) is 12.7. The summed E-state index contributed by atoms with van der Waals surface area (Å²) in [6.45, 7) is 5.90. The Morgan fingerprint density at radius 1 is 1.38 bits per heavy atom. The number of benzene rings is 1. The molecule has 21 heavy (non-hydrogen) atoms. The number of nitrogens with zero attached hydrogens (tertiary/aromatic N) is 1. The van der Waals surface area contributed by atoms with Crippen LogP contribution < -0.4 is 5.32 Å². The lowest BCUT2D eigenvalue weighted by molar-refractivity contribution is -0.126. The largest absolute Gasteiger partial charge is 0.508 e. The van der Waals surface area contributed by atoms with Crippen LogP contribution in [0.25, 0.3) is 0 Å². The van der Waals surface area contributed by atoms with Gasteiger partial charge in [0.05, 0.1) is 12.1 Å². The molecule has 2 N–H and O–H groups in total. The molecule has 1 amide bonds. The Bertz CT molecular complexity index is 475. The summed E-state index contributed by atoms with van der Waals surface area (Å²) in [6, 6.07) is 6.95. The molecule has 2 unspecified atom stereocenters. The second-order valence-electron chi connectivity index (χ2n) is 5.35. The maximum atomic E-state index is 12.5. The highest BCUT2D eigenvalue weighted by Gasteiger charge is 2.25. The van der Waals surface area contributed by atoms with Gasteiger partial charge in [0.25, 0.3) is 0 Å². The molecule has 1 aliphatic rings. The van der Waals surface area contributed by atoms with E-state index in [2.05, 4.69) is 10.2 Å². The molecule has 0 aliphatic carbocycles. The molecule has 0 saturated carbocycles. The third kappa shape index (κ3) is 4.14. The van der Waals surface area contributed by atoms with E-state index in [-0.39, 0.29) is 23.7 Å². The number of rotatable bonds is 5. The van der Waals surface area contributed by atoms with Crippen LogP contribution in [0.4, 0.5) is 0 Å². The number of phenolic OH excluding ortho intramolecular Hbond substituents is 1. The number of para-hydroxylation sites is 1. The molecule has 0 aromatic heterocycles. The van der Waals surface area contributed by atoms with Gasteiger partial charge in [-0.05, 0) is 19.4 Å². The van der Waals surface area contributed by atoms with E-state index in [4.69, 9.17) is 0 Å². The van der Waals surface area contributed by atoms with E-state index in [1.165, 1.54) is 0 Å². The Kier molecular flexibility index (Phi) is 5.94. The molecule has 1 aliphatic heterocycles. The van der Waals surface area contributed by atoms with E-state index in [0.29, 0.717) is 0 Å². The molecular formula is C16H24N2O2S. The van der Waals surface area contributed by atoms with E-state index in [0.717, 1.165) is 36.6 Å². The number of amides is 1. The Hall–Kier alpha value is -1.20. The van der Waals surface area contributed by atoms with Crippen molar-refractivity contribution in [3.8, 4) is 5.75 Å². The molecule has 1 aromatic carbocycles. The Morgan fingerprint density at radius 2 is 2.05 bits per heavy atom. The number of hydrogen-bond acceptors (Lipinski definition) is 4. The molecule has 2 rings (SSSR count). The summed E-state index contributed by atoms with van der Waals surface area (Å²) in [6.07, 6.45) is 0.756. The standard InChI is InChI=1S/C16H24N2O2S/c1-3-14(13-6-4-5-7-15(13)19)17-16(20)12(2)18-8-10-21-11-9-18/h4-7,12,14,19H,3,8-11H2,1-2H3,(H,17,20). The number of nitrogens with one attached hydrogen (secondary N) is 1. The van der Waals surface area contributed by atoms with Crippen molar-refractivity contribution < 1.29 is 9.90 Å². The Balaban J connectivity index is 2.01. The van der Waals surface area contributed by atoms with E-state index in [1.807, 2.05) is 37.7 Å². The summed E-state index contributed by atoms with van der Waals surface area (Å²) in [5.74, 6) is 2.46. The highest BCUT2D eigenvalue weighted by Crippen LogP contribution is 2.26. The van der Waals surface area contributed by atoms with Crippen LogP contribution in [0.15, 0.2) is 24.3 Å². The molecule has 1 heterocycles. The van der Waals surface area contributed by atoms with Gasteiger partial charge in [-0.1, -0.05) is 25.1 Å². The minimum Gasteiger partial charge on any atom is -0.508 e. The fourth-order valence-electron chi connectivity index (χ4n) is 2.60. The van der Waals surface area contributed by atoms with Crippen LogP contribution in [0.2, 0.25) is 0 Å². The van der Waals surface area contributed by atoms with Crippen LogP contribution >= 0.6 is 11.8 Å². The Labute approximate surface area is 130 Å². The van der Waals surface area contributed by atoms with Crippen molar-refractivity contribution in [2.45, 2.75) is 32.4 Å². The van der Waals surface area contributed by atoms with Gasteiger partial charge in [0.2, 0.25) is 5.91 Å². The maximum absolute atomic E-state index is 12.5. The third-order valence-corrected chi connectivity index (χ3v) is 4.95. The summed E-state index contributed by atoms with van der Waals surface area (Å²) >= 11 is 1.94. The van der Waals surface area contributed by atoms with Gasteiger partial charge in [0.15, 0.2) is 0 Å². The first-order valence-corrected chi connectivity index (χ1v) is 8.69. The first kappa shape index (κ1) is 16.2. The van der Waals surface area contributed by atoms with Gasteiger partial charge < -0.3 is 10.4 Å². The summed E-state index contributed by atoms with van der Waals surface area (Å²) in [5.41, 5.74) is 0.787. The smallest absolute Gasteiger partial charge is 0.237 e. The summed E-state index contributed by atoms with van der Waals surface area (Å²) < 4.78 is 0. The lowest BCUT2D eigenvalue weighted by Gasteiger charge is -2.32. The zero-order valence-corrected chi connectivity index (χ0v) is 13.5. The van der Waals surface area contributed by atoms with Gasteiger partial charge in [-0.3, -0.25) is 9.69 Å². The number of carbonyl (C=O) groups is 1. The maximum Gasteiger partial charge on any atom is 0.237 e. The lowest BCUT2D eigenvalue weighted by atomic mass is 10.0. The predicted molar refractivity (Wildman–Crippen MR) is 87.6 cm³/mol. The SMILES string of the molecule is CCC(NC(=O)C(C)N1CCSCC1)c1ccccc1O. The number of hydrogen-bond donors (Lipinski definition) is 2. The Morgan fingerprint density at radius 3 is 2.67 bits per heavy atom. The van der Waals surface area contributed by atoms with Gasteiger partial charge >= 0.3 is 0 Å². The van der Waals surface area contributed by atoms with Gasteiger partial charge in [-0.2, -0.15) is 11.8 Å². The number of phenols is 1. The van der Waals surface area contributed by atoms with E-state index < -0.39 is 0 Å². The van der Waals surface area contributed by atoms with Gasteiger partial charge in [-0.25, -0.2) is 0 Å². The summed E-state index contributed by atoms with van der Waals surface area (Å²) in [4.78, 5) is 14.7. The zero-order chi connectivity index (χ0) is 15.2. The molecular weight excluding hydrogens is 284 g/mol. The monoisotopic (exact) mass is 308 g/mol. The molecule has 1 saturated heterocycles. The number of carbonyl (C=O) groups excluding carboxylic acids is 1. The molecule has 0 bridgehead atoms. The molecule has 1 aromatic rings. The van der Waals surface area contributed by atoms with Crippen molar-refractivity contribution in [2.24, 2.45) is 0 Å². The van der Waals surface area contributed by atoms with E-state index >= 15 is 0 Å². The molecule has 2 atom stereocenters. The summed E-state index contributed by atoms with van der Waals surface area (Å²) in [7, 11) is 0. The quantitative estimate of drug-likeness (QED) is 0.877. The van der Waals surface area contributed by atoms with Crippen molar-refractivity contribution >= 4 is 17.7 Å². The number of thioether (sulfide) groups is 1. The molecule has 4 nitrogen and oxygen atoms in total. The fourth-order valence-corrected chi connectivity index (χ4v) is 3.54. The normalized spacial score (nSPS) is 19.0. The average molecular weight is 308 g/mol. The van der Waals surface area contributed by atoms with Crippen molar-refractivity contribution in [1.82, 2.24) is 10.2 Å². The van der Waals surface area contributed by atoms with Crippen LogP contribution in [-0.4, -0.2) is 46.6 Å². The van der Waals surface area contributed by atoms with E-state index in [9.17, 15) is 9.90 Å². The van der Waals surface area contributed by atoms with Gasteiger partial charge in [0.1, 0.15) is 5.75 Å². The predicted octanol–water partition coefficient (Wildman–Crippen LogP) is 2.40. The van der Waals surface area contributed by atoms with Crippen LogP contribution in [0, 0.1) is 0 Å². The molecule has 0 spiro atoms. The van der Waals surface area contributed by atoms with Crippen LogP contribution in [0.3, 0.4) is 0 Å². The lowest BCUT2D eigenvalue weighted by Crippen LogP contribution is -2.48. The summed E-state index contributed by atoms with van der Waals surface area (Å²) in [5, 5.41) is 13.0. The van der Waals surface area contributed by atoms with Crippen molar-refractivity contribution in [3.05, 3.63) is 29.8 Å². The van der Waals surface area contributed by atoms with Crippen LogP contribution in [0.1, 0.15) is 31.9 Å². The molecule has 5 heteroatoms. The third-order valence-electron chi connectivity index (χ3n) is 4.01. The molecule has 116 valence electrons.